The van der Waals surface area contributed by atoms with E-state index in [0.717, 1.165) is 0 Å². The Labute approximate surface area is 104 Å². The first-order valence-electron chi connectivity index (χ1n) is 5.84. The van der Waals surface area contributed by atoms with E-state index < -0.39 is 8.07 Å². The summed E-state index contributed by atoms with van der Waals surface area (Å²) in [5.41, 5.74) is 3.29. The Morgan fingerprint density at radius 1 is 1.53 bits per heavy atom. The SMILES string of the molecule is CC(=O)O[C@H]1C=CCO[C@@H]1CC#C[Si](C)(C)C. The zero-order valence-electron chi connectivity index (χ0n) is 10.9. The molecule has 1 aliphatic rings. The van der Waals surface area contributed by atoms with Crippen LogP contribution >= 0.6 is 0 Å². The highest BCUT2D eigenvalue weighted by Gasteiger charge is 2.24. The van der Waals surface area contributed by atoms with E-state index in [2.05, 4.69) is 31.1 Å². The number of rotatable bonds is 2. The summed E-state index contributed by atoms with van der Waals surface area (Å²) < 4.78 is 10.7. The fraction of sp³-hybridized carbons (Fsp3) is 0.615. The Hall–Kier alpha value is -1.05. The number of esters is 1. The molecule has 0 saturated carbocycles. The maximum atomic E-state index is 10.9. The minimum Gasteiger partial charge on any atom is -0.455 e. The molecule has 0 unspecified atom stereocenters. The second kappa shape index (κ2) is 6.04. The molecule has 0 N–H and O–H groups in total. The summed E-state index contributed by atoms with van der Waals surface area (Å²) in [7, 11) is -1.34. The van der Waals surface area contributed by atoms with Gasteiger partial charge in [-0.05, 0) is 6.08 Å². The fourth-order valence-electron chi connectivity index (χ4n) is 1.49. The molecule has 94 valence electrons. The number of hydrogen-bond donors (Lipinski definition) is 0. The molecule has 3 nitrogen and oxygen atoms in total. The molecule has 0 aromatic rings. The van der Waals surface area contributed by atoms with Gasteiger partial charge in [-0.3, -0.25) is 4.79 Å². The highest BCUT2D eigenvalue weighted by Crippen LogP contribution is 2.14. The normalized spacial score (nSPS) is 23.8. The summed E-state index contributed by atoms with van der Waals surface area (Å²) in [6, 6.07) is 0. The van der Waals surface area contributed by atoms with E-state index in [4.69, 9.17) is 9.47 Å². The lowest BCUT2D eigenvalue weighted by Crippen LogP contribution is -2.34. The Balaban J connectivity index is 2.58. The second-order valence-corrected chi connectivity index (χ2v) is 9.88. The Kier molecular flexibility index (Phi) is 4.97. The van der Waals surface area contributed by atoms with Crippen LogP contribution in [0.2, 0.25) is 19.6 Å². The quantitative estimate of drug-likeness (QED) is 0.327. The van der Waals surface area contributed by atoms with Crippen LogP contribution in [-0.2, 0) is 14.3 Å². The van der Waals surface area contributed by atoms with Crippen molar-refractivity contribution in [2.24, 2.45) is 0 Å². The molecule has 0 aliphatic carbocycles. The van der Waals surface area contributed by atoms with E-state index in [1.807, 2.05) is 12.2 Å². The molecule has 0 bridgehead atoms. The van der Waals surface area contributed by atoms with Gasteiger partial charge in [0.25, 0.3) is 0 Å². The van der Waals surface area contributed by atoms with Gasteiger partial charge in [0.05, 0.1) is 6.61 Å². The van der Waals surface area contributed by atoms with Gasteiger partial charge in [0.15, 0.2) is 0 Å². The first-order chi connectivity index (χ1) is 7.88. The summed E-state index contributed by atoms with van der Waals surface area (Å²) in [6.07, 6.45) is 3.94. The molecule has 2 atom stereocenters. The smallest absolute Gasteiger partial charge is 0.303 e. The molecule has 0 saturated heterocycles. The molecule has 1 heterocycles. The van der Waals surface area contributed by atoms with Gasteiger partial charge >= 0.3 is 5.97 Å². The first kappa shape index (κ1) is 14.0. The van der Waals surface area contributed by atoms with E-state index >= 15 is 0 Å². The second-order valence-electron chi connectivity index (χ2n) is 5.13. The first-order valence-corrected chi connectivity index (χ1v) is 9.34. The van der Waals surface area contributed by atoms with Gasteiger partial charge in [-0.2, -0.15) is 0 Å². The van der Waals surface area contributed by atoms with Gasteiger partial charge in [0.1, 0.15) is 20.3 Å². The van der Waals surface area contributed by atoms with E-state index in [1.165, 1.54) is 6.92 Å². The highest BCUT2D eigenvalue weighted by molar-refractivity contribution is 6.83. The standard InChI is InChI=1S/C13H20O3Si/c1-11(14)16-13-7-5-9-15-12(13)8-6-10-17(2,3)4/h5,7,12-13H,8-9H2,1-4H3/t12-,13+/m1/s1. The van der Waals surface area contributed by atoms with E-state index in [-0.39, 0.29) is 18.2 Å². The number of ether oxygens (including phenoxy) is 2. The monoisotopic (exact) mass is 252 g/mol. The summed E-state index contributed by atoms with van der Waals surface area (Å²) in [6.45, 7) is 8.58. The van der Waals surface area contributed by atoms with Crippen molar-refractivity contribution < 1.29 is 14.3 Å². The maximum absolute atomic E-state index is 10.9. The van der Waals surface area contributed by atoms with Gasteiger partial charge in [-0.25, -0.2) is 0 Å². The Morgan fingerprint density at radius 3 is 2.82 bits per heavy atom. The summed E-state index contributed by atoms with van der Waals surface area (Å²) >= 11 is 0. The maximum Gasteiger partial charge on any atom is 0.303 e. The van der Waals surface area contributed by atoms with Gasteiger partial charge in [-0.1, -0.05) is 25.7 Å². The minimum absolute atomic E-state index is 0.132. The summed E-state index contributed by atoms with van der Waals surface area (Å²) in [5, 5.41) is 0. The van der Waals surface area contributed by atoms with Crippen molar-refractivity contribution in [2.45, 2.75) is 45.2 Å². The lowest BCUT2D eigenvalue weighted by atomic mass is 10.1. The molecule has 4 heteroatoms. The van der Waals surface area contributed by atoms with Crippen LogP contribution in [0.3, 0.4) is 0 Å². The van der Waals surface area contributed by atoms with Gasteiger partial charge in [0, 0.05) is 13.3 Å². The molecule has 1 rings (SSSR count). The van der Waals surface area contributed by atoms with E-state index in [9.17, 15) is 4.79 Å². The van der Waals surface area contributed by atoms with E-state index in [0.29, 0.717) is 13.0 Å². The predicted molar refractivity (Wildman–Crippen MR) is 70.2 cm³/mol. The molecule has 1 aliphatic heterocycles. The van der Waals surface area contributed by atoms with Crippen molar-refractivity contribution in [1.82, 2.24) is 0 Å². The lowest BCUT2D eigenvalue weighted by Gasteiger charge is -2.25. The van der Waals surface area contributed by atoms with Crippen LogP contribution in [0.1, 0.15) is 13.3 Å². The van der Waals surface area contributed by atoms with Crippen molar-refractivity contribution in [3.05, 3.63) is 12.2 Å². The Bertz CT molecular complexity index is 357. The van der Waals surface area contributed by atoms with E-state index in [1.54, 1.807) is 0 Å². The number of carbonyl (C=O) groups excluding carboxylic acids is 1. The molecule has 0 fully saturated rings. The van der Waals surface area contributed by atoms with Gasteiger partial charge in [-0.15, -0.1) is 11.5 Å². The van der Waals surface area contributed by atoms with Crippen LogP contribution in [-0.4, -0.2) is 32.9 Å². The molecule has 0 aromatic carbocycles. The van der Waals surface area contributed by atoms with Crippen molar-refractivity contribution in [2.75, 3.05) is 6.61 Å². The summed E-state index contributed by atoms with van der Waals surface area (Å²) in [4.78, 5) is 10.9. The molecule has 0 amide bonds. The van der Waals surface area contributed by atoms with Crippen LogP contribution in [0.15, 0.2) is 12.2 Å². The van der Waals surface area contributed by atoms with Crippen LogP contribution in [0, 0.1) is 11.5 Å². The molecule has 17 heavy (non-hydrogen) atoms. The Morgan fingerprint density at radius 2 is 2.24 bits per heavy atom. The molecular formula is C13H20O3Si. The van der Waals surface area contributed by atoms with Crippen molar-refractivity contribution >= 4 is 14.0 Å². The largest absolute Gasteiger partial charge is 0.455 e. The molecular weight excluding hydrogens is 232 g/mol. The fourth-order valence-corrected chi connectivity index (χ4v) is 2.12. The topological polar surface area (TPSA) is 35.5 Å². The van der Waals surface area contributed by atoms with Crippen LogP contribution in [0.4, 0.5) is 0 Å². The van der Waals surface area contributed by atoms with Gasteiger partial charge < -0.3 is 9.47 Å². The third-order valence-electron chi connectivity index (χ3n) is 2.17. The molecule has 0 radical (unpaired) electrons. The van der Waals surface area contributed by atoms with Crippen molar-refractivity contribution in [3.8, 4) is 11.5 Å². The average Bonchev–Trinajstić information content (AvgIpc) is 2.18. The van der Waals surface area contributed by atoms with Crippen molar-refractivity contribution in [1.29, 1.82) is 0 Å². The zero-order valence-corrected chi connectivity index (χ0v) is 11.9. The highest BCUT2D eigenvalue weighted by atomic mass is 28.3. The van der Waals surface area contributed by atoms with Crippen LogP contribution < -0.4 is 0 Å². The number of hydrogen-bond acceptors (Lipinski definition) is 3. The van der Waals surface area contributed by atoms with Crippen molar-refractivity contribution in [3.63, 3.8) is 0 Å². The minimum atomic E-state index is -1.34. The zero-order chi connectivity index (χ0) is 12.9. The third-order valence-corrected chi connectivity index (χ3v) is 3.09. The summed E-state index contributed by atoms with van der Waals surface area (Å²) in [5.74, 6) is 2.88. The van der Waals surface area contributed by atoms with Crippen LogP contribution in [0.5, 0.6) is 0 Å². The lowest BCUT2D eigenvalue weighted by molar-refractivity contribution is -0.151. The molecule has 0 aromatic heterocycles. The predicted octanol–water partition coefficient (Wildman–Crippen LogP) is 2.14. The third kappa shape index (κ3) is 5.71. The average molecular weight is 252 g/mol. The number of carbonyl (C=O) groups is 1. The molecule has 0 spiro atoms. The van der Waals surface area contributed by atoms with Crippen LogP contribution in [0.25, 0.3) is 0 Å². The van der Waals surface area contributed by atoms with Gasteiger partial charge in [0.2, 0.25) is 0 Å².